The topological polar surface area (TPSA) is 72.5 Å². The second kappa shape index (κ2) is 7.58. The zero-order chi connectivity index (χ0) is 17.1. The second-order valence-electron chi connectivity index (χ2n) is 5.73. The highest BCUT2D eigenvalue weighted by atomic mass is 16.8. The molecular weight excluding hydrogens is 316 g/mol. The third kappa shape index (κ3) is 3.45. The Morgan fingerprint density at radius 3 is 2.42 bits per heavy atom. The third-order valence-corrected chi connectivity index (χ3v) is 4.18. The maximum Gasteiger partial charge on any atom is 0.305 e. The average molecular weight is 338 g/mol. The molecule has 0 N–H and O–H groups in total. The highest BCUT2D eigenvalue weighted by Crippen LogP contribution is 2.36. The van der Waals surface area contributed by atoms with Crippen LogP contribution in [0.1, 0.15) is 18.8 Å². The highest BCUT2D eigenvalue weighted by molar-refractivity contribution is 5.66. The molecule has 2 saturated heterocycles. The Hall–Kier alpha value is -1.51. The van der Waals surface area contributed by atoms with Crippen molar-refractivity contribution < 1.29 is 33.2 Å². The van der Waals surface area contributed by atoms with Crippen LogP contribution in [0.25, 0.3) is 0 Å². The third-order valence-electron chi connectivity index (χ3n) is 4.18. The molecule has 6 atom stereocenters. The molecule has 1 aromatic carbocycles. The Labute approximate surface area is 140 Å². The summed E-state index contributed by atoms with van der Waals surface area (Å²) in [6, 6.07) is 9.65. The molecule has 3 rings (SSSR count). The summed E-state index contributed by atoms with van der Waals surface area (Å²) < 4.78 is 33.9. The van der Waals surface area contributed by atoms with Gasteiger partial charge in [-0.25, -0.2) is 0 Å². The first-order valence-corrected chi connectivity index (χ1v) is 7.84. The van der Waals surface area contributed by atoms with Gasteiger partial charge in [-0.2, -0.15) is 0 Å². The minimum absolute atomic E-state index is 0.304. The fourth-order valence-electron chi connectivity index (χ4n) is 3.10. The van der Waals surface area contributed by atoms with E-state index in [0.717, 1.165) is 5.56 Å². The number of esters is 1. The molecule has 1 aromatic rings. The molecule has 0 spiro atoms. The quantitative estimate of drug-likeness (QED) is 0.769. The largest absolute Gasteiger partial charge is 0.433 e. The van der Waals surface area contributed by atoms with Crippen LogP contribution in [0.3, 0.4) is 0 Å². The molecule has 0 aliphatic carbocycles. The molecule has 2 heterocycles. The van der Waals surface area contributed by atoms with Crippen LogP contribution in [0.5, 0.6) is 0 Å². The van der Waals surface area contributed by atoms with Gasteiger partial charge in [0.2, 0.25) is 6.29 Å². The van der Waals surface area contributed by atoms with Crippen molar-refractivity contribution in [2.75, 3.05) is 20.8 Å². The van der Waals surface area contributed by atoms with Crippen molar-refractivity contribution in [2.45, 2.75) is 43.9 Å². The number of benzene rings is 1. The summed E-state index contributed by atoms with van der Waals surface area (Å²) in [5.74, 6) is -0.449. The number of ether oxygens (including phenoxy) is 6. The van der Waals surface area contributed by atoms with E-state index in [1.54, 1.807) is 7.11 Å². The zero-order valence-corrected chi connectivity index (χ0v) is 13.9. The molecule has 7 nitrogen and oxygen atoms in total. The van der Waals surface area contributed by atoms with Crippen molar-refractivity contribution in [3.05, 3.63) is 35.9 Å². The van der Waals surface area contributed by atoms with Crippen LogP contribution in [0, 0.1) is 0 Å². The first-order valence-electron chi connectivity index (χ1n) is 7.84. The molecule has 2 fully saturated rings. The van der Waals surface area contributed by atoms with Crippen LogP contribution in [0.2, 0.25) is 0 Å². The van der Waals surface area contributed by atoms with Gasteiger partial charge in [-0.05, 0) is 0 Å². The van der Waals surface area contributed by atoms with E-state index in [2.05, 4.69) is 0 Å². The fraction of sp³-hybridized carbons (Fsp3) is 0.588. The average Bonchev–Trinajstić information content (AvgIpc) is 2.60. The van der Waals surface area contributed by atoms with E-state index in [9.17, 15) is 4.79 Å². The van der Waals surface area contributed by atoms with Crippen molar-refractivity contribution in [3.63, 3.8) is 0 Å². The van der Waals surface area contributed by atoms with E-state index in [0.29, 0.717) is 6.61 Å². The number of carbonyl (C=O) groups is 1. The Morgan fingerprint density at radius 2 is 1.79 bits per heavy atom. The molecule has 0 amide bonds. The van der Waals surface area contributed by atoms with Gasteiger partial charge in [-0.3, -0.25) is 4.79 Å². The van der Waals surface area contributed by atoms with Crippen LogP contribution in [-0.4, -0.2) is 57.5 Å². The lowest BCUT2D eigenvalue weighted by Crippen LogP contribution is -2.63. The molecule has 2 aliphatic rings. The number of hydrogen-bond acceptors (Lipinski definition) is 7. The van der Waals surface area contributed by atoms with Crippen molar-refractivity contribution >= 4 is 5.97 Å². The summed E-state index contributed by atoms with van der Waals surface area (Å²) >= 11 is 0. The normalized spacial score (nSPS) is 36.0. The Bertz CT molecular complexity index is 549. The molecular formula is C17H22O7. The molecule has 7 heteroatoms. The minimum Gasteiger partial charge on any atom is -0.433 e. The van der Waals surface area contributed by atoms with E-state index in [4.69, 9.17) is 28.4 Å². The molecule has 0 saturated carbocycles. The Kier molecular flexibility index (Phi) is 5.47. The van der Waals surface area contributed by atoms with Crippen molar-refractivity contribution in [3.8, 4) is 0 Å². The van der Waals surface area contributed by atoms with Gasteiger partial charge in [-0.1, -0.05) is 30.3 Å². The fourth-order valence-corrected chi connectivity index (χ4v) is 3.10. The number of hydrogen-bond donors (Lipinski definition) is 0. The maximum atomic E-state index is 11.3. The summed E-state index contributed by atoms with van der Waals surface area (Å²) in [5.41, 5.74) is 0.918. The van der Waals surface area contributed by atoms with Crippen LogP contribution >= 0.6 is 0 Å². The maximum absolute atomic E-state index is 11.3. The number of methoxy groups -OCH3 is 2. The molecule has 132 valence electrons. The van der Waals surface area contributed by atoms with Crippen LogP contribution in [0.15, 0.2) is 30.3 Å². The van der Waals surface area contributed by atoms with Crippen LogP contribution in [0.4, 0.5) is 0 Å². The lowest BCUT2D eigenvalue weighted by atomic mass is 9.97. The minimum atomic E-state index is -0.862. The Morgan fingerprint density at radius 1 is 1.08 bits per heavy atom. The van der Waals surface area contributed by atoms with Crippen LogP contribution in [-0.2, 0) is 33.2 Å². The predicted molar refractivity (Wildman–Crippen MR) is 82.0 cm³/mol. The second-order valence-corrected chi connectivity index (χ2v) is 5.73. The van der Waals surface area contributed by atoms with E-state index in [1.807, 2.05) is 30.3 Å². The first kappa shape index (κ1) is 17.3. The van der Waals surface area contributed by atoms with Gasteiger partial charge < -0.3 is 28.4 Å². The van der Waals surface area contributed by atoms with Gasteiger partial charge in [0, 0.05) is 26.7 Å². The van der Waals surface area contributed by atoms with Gasteiger partial charge in [0.05, 0.1) is 6.61 Å². The molecule has 0 aromatic heterocycles. The summed E-state index contributed by atoms with van der Waals surface area (Å²) in [7, 11) is 3.09. The van der Waals surface area contributed by atoms with Gasteiger partial charge in [0.25, 0.3) is 0 Å². The van der Waals surface area contributed by atoms with Gasteiger partial charge in [0.1, 0.15) is 24.4 Å². The predicted octanol–water partition coefficient (Wildman–Crippen LogP) is 1.42. The van der Waals surface area contributed by atoms with E-state index >= 15 is 0 Å². The number of carbonyl (C=O) groups excluding carboxylic acids is 1. The van der Waals surface area contributed by atoms with Gasteiger partial charge in [-0.15, -0.1) is 0 Å². The van der Waals surface area contributed by atoms with Gasteiger partial charge in [0.15, 0.2) is 6.29 Å². The van der Waals surface area contributed by atoms with E-state index in [-0.39, 0.29) is 0 Å². The lowest BCUT2D eigenvalue weighted by Gasteiger charge is -2.47. The van der Waals surface area contributed by atoms with Crippen molar-refractivity contribution in [1.82, 2.24) is 0 Å². The summed E-state index contributed by atoms with van der Waals surface area (Å²) in [5, 5.41) is 0. The Balaban J connectivity index is 1.78. The molecule has 0 bridgehead atoms. The van der Waals surface area contributed by atoms with E-state index in [1.165, 1.54) is 14.0 Å². The summed E-state index contributed by atoms with van der Waals surface area (Å²) in [6.07, 6.45) is -3.21. The van der Waals surface area contributed by atoms with Crippen molar-refractivity contribution in [2.24, 2.45) is 0 Å². The SMILES string of the molecule is CO[C@@H]1[C@H](OC)[C@@H](OC(C)=O)O[C@@H]2COC(c3ccccc3)O[C@@H]12. The van der Waals surface area contributed by atoms with Crippen molar-refractivity contribution in [1.29, 1.82) is 0 Å². The molecule has 24 heavy (non-hydrogen) atoms. The summed E-state index contributed by atoms with van der Waals surface area (Å²) in [4.78, 5) is 11.3. The lowest BCUT2D eigenvalue weighted by molar-refractivity contribution is -0.360. The van der Waals surface area contributed by atoms with E-state index < -0.39 is 43.0 Å². The molecule has 0 radical (unpaired) electrons. The monoisotopic (exact) mass is 338 g/mol. The highest BCUT2D eigenvalue weighted by Gasteiger charge is 2.51. The number of rotatable bonds is 4. The molecule has 2 aliphatic heterocycles. The smallest absolute Gasteiger partial charge is 0.305 e. The molecule has 1 unspecified atom stereocenters. The van der Waals surface area contributed by atoms with Crippen LogP contribution < -0.4 is 0 Å². The standard InChI is InChI=1S/C17H22O7/c1-10(18)22-17-15(20-3)14(19-2)13-12(23-17)9-21-16(24-13)11-7-5-4-6-8-11/h4-8,12-17H,9H2,1-3H3/t12-,13-,14+,15+,16?,17+/m1/s1. The summed E-state index contributed by atoms with van der Waals surface area (Å²) in [6.45, 7) is 1.63. The first-order chi connectivity index (χ1) is 11.6. The van der Waals surface area contributed by atoms with Gasteiger partial charge >= 0.3 is 5.97 Å². The zero-order valence-electron chi connectivity index (χ0n) is 13.9. The number of fused-ring (bicyclic) bond motifs is 1.